The molecule has 0 spiro atoms. The highest BCUT2D eigenvalue weighted by Gasteiger charge is 2.22. The van der Waals surface area contributed by atoms with Crippen LogP contribution in [-0.2, 0) is 0 Å². The molecule has 0 atom stereocenters. The third kappa shape index (κ3) is 5.82. The van der Waals surface area contributed by atoms with Crippen molar-refractivity contribution in [1.29, 1.82) is 0 Å². The molecule has 272 valence electrons. The first-order chi connectivity index (χ1) is 28.8. The van der Waals surface area contributed by atoms with Crippen LogP contribution in [0, 0.1) is 0 Å². The molecule has 2 heteroatoms. The van der Waals surface area contributed by atoms with Gasteiger partial charge in [-0.1, -0.05) is 170 Å². The number of hydrogen-bond donors (Lipinski definition) is 0. The Bertz CT molecular complexity index is 3290. The fourth-order valence-corrected chi connectivity index (χ4v) is 8.80. The molecule has 10 aromatic carbocycles. The molecule has 2 nitrogen and oxygen atoms in total. The molecule has 1 heterocycles. The van der Waals surface area contributed by atoms with E-state index in [1.807, 2.05) is 0 Å². The van der Waals surface area contributed by atoms with Crippen LogP contribution in [-0.4, -0.2) is 4.57 Å². The van der Waals surface area contributed by atoms with Gasteiger partial charge in [0.15, 0.2) is 0 Å². The normalized spacial score (nSPS) is 11.4. The van der Waals surface area contributed by atoms with E-state index in [2.05, 4.69) is 240 Å². The molecule has 0 aliphatic heterocycles. The minimum atomic E-state index is 1.08. The van der Waals surface area contributed by atoms with Gasteiger partial charge >= 0.3 is 0 Å². The van der Waals surface area contributed by atoms with Gasteiger partial charge in [-0.25, -0.2) is 0 Å². The van der Waals surface area contributed by atoms with Crippen LogP contribution in [0.25, 0.3) is 82.4 Å². The van der Waals surface area contributed by atoms with Crippen LogP contribution in [0.4, 0.5) is 17.1 Å². The first kappa shape index (κ1) is 33.6. The van der Waals surface area contributed by atoms with E-state index in [-0.39, 0.29) is 0 Å². The zero-order valence-corrected chi connectivity index (χ0v) is 31.8. The van der Waals surface area contributed by atoms with Gasteiger partial charge in [0.1, 0.15) is 0 Å². The predicted octanol–water partition coefficient (Wildman–Crippen LogP) is 15.6. The Morgan fingerprint density at radius 2 is 0.879 bits per heavy atom. The van der Waals surface area contributed by atoms with E-state index in [4.69, 9.17) is 0 Å². The van der Waals surface area contributed by atoms with Gasteiger partial charge < -0.3 is 9.47 Å². The zero-order valence-electron chi connectivity index (χ0n) is 31.8. The van der Waals surface area contributed by atoms with Gasteiger partial charge in [-0.3, -0.25) is 0 Å². The van der Waals surface area contributed by atoms with Crippen molar-refractivity contribution in [1.82, 2.24) is 4.57 Å². The number of anilines is 3. The number of para-hydroxylation sites is 2. The van der Waals surface area contributed by atoms with Gasteiger partial charge in [0.2, 0.25) is 0 Å². The molecule has 0 amide bonds. The molecule has 0 saturated heterocycles. The Hall–Kier alpha value is -7.68. The molecular formula is C56H38N2. The Labute approximate surface area is 338 Å². The van der Waals surface area contributed by atoms with E-state index >= 15 is 0 Å². The SMILES string of the molecule is c1ccc(-c2ccccc2N(c2cccc(-c3ccc4ccccc4c3)c2)c2ccc3c4c(-c5ccc6ccccc6c5)cccc4n(-c4ccccc4)c3c2)cc1. The van der Waals surface area contributed by atoms with Crippen LogP contribution in [0.3, 0.4) is 0 Å². The zero-order chi connectivity index (χ0) is 38.4. The van der Waals surface area contributed by atoms with Crippen LogP contribution in [0.2, 0.25) is 0 Å². The third-order valence-corrected chi connectivity index (χ3v) is 11.5. The highest BCUT2D eigenvalue weighted by molar-refractivity contribution is 6.17. The molecule has 0 unspecified atom stereocenters. The van der Waals surface area contributed by atoms with Crippen LogP contribution in [0.1, 0.15) is 0 Å². The Morgan fingerprint density at radius 3 is 1.66 bits per heavy atom. The first-order valence-corrected chi connectivity index (χ1v) is 19.9. The van der Waals surface area contributed by atoms with E-state index in [1.165, 1.54) is 71.2 Å². The second kappa shape index (κ2) is 14.1. The number of aromatic nitrogens is 1. The maximum Gasteiger partial charge on any atom is 0.0562 e. The van der Waals surface area contributed by atoms with Crippen molar-refractivity contribution in [3.63, 3.8) is 0 Å². The number of benzene rings is 10. The monoisotopic (exact) mass is 738 g/mol. The van der Waals surface area contributed by atoms with Gasteiger partial charge in [-0.05, 0) is 110 Å². The summed E-state index contributed by atoms with van der Waals surface area (Å²) in [7, 11) is 0. The van der Waals surface area contributed by atoms with Crippen molar-refractivity contribution in [2.45, 2.75) is 0 Å². The molecule has 0 saturated carbocycles. The maximum atomic E-state index is 2.44. The summed E-state index contributed by atoms with van der Waals surface area (Å²) in [6.07, 6.45) is 0. The molecule has 0 aliphatic rings. The highest BCUT2D eigenvalue weighted by atomic mass is 15.1. The van der Waals surface area contributed by atoms with Crippen LogP contribution >= 0.6 is 0 Å². The van der Waals surface area contributed by atoms with E-state index in [0.29, 0.717) is 0 Å². The predicted molar refractivity (Wildman–Crippen MR) is 247 cm³/mol. The van der Waals surface area contributed by atoms with Gasteiger partial charge in [0.05, 0.1) is 16.7 Å². The van der Waals surface area contributed by atoms with Crippen molar-refractivity contribution in [3.8, 4) is 39.1 Å². The molecule has 0 bridgehead atoms. The average Bonchev–Trinajstić information content (AvgIpc) is 3.63. The van der Waals surface area contributed by atoms with Crippen molar-refractivity contribution < 1.29 is 0 Å². The molecule has 1 aromatic heterocycles. The summed E-state index contributed by atoms with van der Waals surface area (Å²) < 4.78 is 2.44. The molecule has 58 heavy (non-hydrogen) atoms. The van der Waals surface area contributed by atoms with Crippen molar-refractivity contribution >= 4 is 60.4 Å². The lowest BCUT2D eigenvalue weighted by Gasteiger charge is -2.28. The van der Waals surface area contributed by atoms with Crippen molar-refractivity contribution in [2.24, 2.45) is 0 Å². The van der Waals surface area contributed by atoms with Crippen LogP contribution in [0.15, 0.2) is 231 Å². The summed E-state index contributed by atoms with van der Waals surface area (Å²) >= 11 is 0. The number of fused-ring (bicyclic) bond motifs is 5. The fourth-order valence-electron chi connectivity index (χ4n) is 8.80. The number of hydrogen-bond acceptors (Lipinski definition) is 1. The molecule has 11 aromatic rings. The molecule has 0 fully saturated rings. The summed E-state index contributed by atoms with van der Waals surface area (Å²) in [4.78, 5) is 2.43. The number of rotatable bonds is 7. The van der Waals surface area contributed by atoms with Crippen LogP contribution in [0.5, 0.6) is 0 Å². The number of nitrogens with zero attached hydrogens (tertiary/aromatic N) is 2. The van der Waals surface area contributed by atoms with E-state index < -0.39 is 0 Å². The highest BCUT2D eigenvalue weighted by Crippen LogP contribution is 2.45. The Morgan fingerprint density at radius 1 is 0.310 bits per heavy atom. The van der Waals surface area contributed by atoms with Crippen molar-refractivity contribution in [3.05, 3.63) is 231 Å². The lowest BCUT2D eigenvalue weighted by atomic mass is 9.97. The molecule has 11 rings (SSSR count). The molecular weight excluding hydrogens is 701 g/mol. The summed E-state index contributed by atoms with van der Waals surface area (Å²) in [6.45, 7) is 0. The summed E-state index contributed by atoms with van der Waals surface area (Å²) in [5.41, 5.74) is 13.9. The maximum absolute atomic E-state index is 2.44. The van der Waals surface area contributed by atoms with Gasteiger partial charge in [0, 0.05) is 33.4 Å². The molecule has 0 N–H and O–H groups in total. The fraction of sp³-hybridized carbons (Fsp3) is 0. The molecule has 0 radical (unpaired) electrons. The summed E-state index contributed by atoms with van der Waals surface area (Å²) in [5, 5.41) is 7.43. The lowest BCUT2D eigenvalue weighted by molar-refractivity contribution is 1.18. The molecule has 0 aliphatic carbocycles. The average molecular weight is 739 g/mol. The second-order valence-corrected chi connectivity index (χ2v) is 15.0. The quantitative estimate of drug-likeness (QED) is 0.158. The first-order valence-electron chi connectivity index (χ1n) is 19.9. The largest absolute Gasteiger partial charge is 0.310 e. The lowest BCUT2D eigenvalue weighted by Crippen LogP contribution is -2.11. The Balaban J connectivity index is 1.16. The van der Waals surface area contributed by atoms with E-state index in [9.17, 15) is 0 Å². The smallest absolute Gasteiger partial charge is 0.0562 e. The topological polar surface area (TPSA) is 8.17 Å². The minimum Gasteiger partial charge on any atom is -0.310 e. The second-order valence-electron chi connectivity index (χ2n) is 15.0. The van der Waals surface area contributed by atoms with E-state index in [0.717, 1.165) is 28.3 Å². The van der Waals surface area contributed by atoms with Gasteiger partial charge in [0.25, 0.3) is 0 Å². The third-order valence-electron chi connectivity index (χ3n) is 11.5. The standard InChI is InChI=1S/C56H38N2/c1-3-17-41(18-4-1)50-25-11-12-27-53(50)57(48-24-13-21-44(37-48)45-31-29-39-15-7-9-19-42(39)35-45)49-33-34-52-55(38-49)58(47-22-5-2-6-23-47)54-28-14-26-51(56(52)54)46-32-30-40-16-8-10-20-43(40)36-46/h1-38H. The minimum absolute atomic E-state index is 1.08. The summed E-state index contributed by atoms with van der Waals surface area (Å²) in [6, 6.07) is 83.8. The summed E-state index contributed by atoms with van der Waals surface area (Å²) in [5.74, 6) is 0. The van der Waals surface area contributed by atoms with Gasteiger partial charge in [-0.2, -0.15) is 0 Å². The van der Waals surface area contributed by atoms with Gasteiger partial charge in [-0.15, -0.1) is 0 Å². The van der Waals surface area contributed by atoms with Crippen molar-refractivity contribution in [2.75, 3.05) is 4.90 Å². The van der Waals surface area contributed by atoms with Crippen LogP contribution < -0.4 is 4.90 Å². The van der Waals surface area contributed by atoms with E-state index in [1.54, 1.807) is 0 Å². The Kier molecular flexibility index (Phi) is 8.19.